The Morgan fingerprint density at radius 1 is 1.13 bits per heavy atom. The van der Waals surface area contributed by atoms with Crippen LogP contribution in [0.5, 0.6) is 0 Å². The van der Waals surface area contributed by atoms with Crippen molar-refractivity contribution >= 4 is 33.4 Å². The zero-order valence-electron chi connectivity index (χ0n) is 17.3. The average molecular weight is 470 g/mol. The van der Waals surface area contributed by atoms with E-state index in [0.29, 0.717) is 25.4 Å². The number of nitrogens with one attached hydrogen (secondary N) is 1. The summed E-state index contributed by atoms with van der Waals surface area (Å²) in [5.74, 6) is 0.488. The van der Waals surface area contributed by atoms with Crippen LogP contribution >= 0.6 is 15.9 Å². The van der Waals surface area contributed by atoms with Crippen LogP contribution in [0.25, 0.3) is 0 Å². The number of anilines is 1. The van der Waals surface area contributed by atoms with Crippen LogP contribution in [0.15, 0.2) is 53.0 Å². The number of benzene rings is 2. The molecule has 2 unspecified atom stereocenters. The molecule has 1 fully saturated rings. The molecule has 0 aromatic heterocycles. The molecule has 0 bridgehead atoms. The minimum absolute atomic E-state index is 0.0175. The fourth-order valence-corrected chi connectivity index (χ4v) is 5.05. The first-order chi connectivity index (χ1) is 14.5. The van der Waals surface area contributed by atoms with E-state index in [0.717, 1.165) is 36.0 Å². The quantitative estimate of drug-likeness (QED) is 0.721. The molecule has 1 saturated heterocycles. The molecular weight excluding hydrogens is 442 g/mol. The average Bonchev–Trinajstić information content (AvgIpc) is 3.21. The lowest BCUT2D eigenvalue weighted by molar-refractivity contribution is -0.133. The molecule has 2 aromatic carbocycles. The molecule has 2 atom stereocenters. The van der Waals surface area contributed by atoms with E-state index in [1.54, 1.807) is 6.92 Å². The van der Waals surface area contributed by atoms with Crippen LogP contribution in [0.3, 0.4) is 0 Å². The topological polar surface area (TPSA) is 52.7 Å². The Morgan fingerprint density at radius 2 is 1.97 bits per heavy atom. The second-order valence-electron chi connectivity index (χ2n) is 8.27. The predicted octanol–water partition coefficient (Wildman–Crippen LogP) is 3.93. The lowest BCUT2D eigenvalue weighted by Crippen LogP contribution is -2.41. The van der Waals surface area contributed by atoms with E-state index >= 15 is 0 Å². The summed E-state index contributed by atoms with van der Waals surface area (Å²) in [7, 11) is 0. The van der Waals surface area contributed by atoms with Gasteiger partial charge in [0.05, 0.1) is 12.5 Å². The molecule has 158 valence electrons. The molecule has 30 heavy (non-hydrogen) atoms. The molecule has 2 aliphatic heterocycles. The van der Waals surface area contributed by atoms with Crippen molar-refractivity contribution in [2.75, 3.05) is 31.1 Å². The number of amides is 2. The maximum absolute atomic E-state index is 12.8. The lowest BCUT2D eigenvalue weighted by Gasteiger charge is -2.36. The normalized spacial score (nSPS) is 20.7. The first-order valence-electron chi connectivity index (χ1n) is 10.6. The van der Waals surface area contributed by atoms with Crippen molar-refractivity contribution in [1.82, 2.24) is 10.2 Å². The number of rotatable bonds is 5. The van der Waals surface area contributed by atoms with Crippen LogP contribution in [0.1, 0.15) is 36.9 Å². The highest BCUT2D eigenvalue weighted by Gasteiger charge is 2.31. The highest BCUT2D eigenvalue weighted by Crippen LogP contribution is 2.32. The van der Waals surface area contributed by atoms with Gasteiger partial charge in [-0.15, -0.1) is 0 Å². The smallest absolute Gasteiger partial charge is 0.222 e. The Balaban J connectivity index is 1.34. The number of carbonyl (C=O) groups excluding carboxylic acids is 2. The number of halogens is 1. The summed E-state index contributed by atoms with van der Waals surface area (Å²) >= 11 is 3.54. The maximum Gasteiger partial charge on any atom is 0.222 e. The van der Waals surface area contributed by atoms with Gasteiger partial charge in [0, 0.05) is 43.3 Å². The van der Waals surface area contributed by atoms with Crippen molar-refractivity contribution in [2.24, 2.45) is 5.92 Å². The predicted molar refractivity (Wildman–Crippen MR) is 122 cm³/mol. The monoisotopic (exact) mass is 469 g/mol. The van der Waals surface area contributed by atoms with Gasteiger partial charge in [0.2, 0.25) is 11.8 Å². The summed E-state index contributed by atoms with van der Waals surface area (Å²) < 4.78 is 1.08. The molecule has 2 aromatic rings. The van der Waals surface area contributed by atoms with Crippen molar-refractivity contribution in [1.29, 1.82) is 0 Å². The van der Waals surface area contributed by atoms with Gasteiger partial charge in [0.25, 0.3) is 0 Å². The van der Waals surface area contributed by atoms with E-state index in [1.807, 2.05) is 23.1 Å². The van der Waals surface area contributed by atoms with Crippen molar-refractivity contribution in [2.45, 2.75) is 32.2 Å². The SMILES string of the molecule is CC(=O)N1CCc2ccccc2C1CC(=O)NCC1CCN(c2cccc(Br)c2)C1. The molecular formula is C24H28BrN3O2. The third kappa shape index (κ3) is 4.69. The number of hydrogen-bond donors (Lipinski definition) is 1. The first kappa shape index (κ1) is 20.9. The molecule has 2 heterocycles. The second-order valence-corrected chi connectivity index (χ2v) is 9.18. The summed E-state index contributed by atoms with van der Waals surface area (Å²) in [4.78, 5) is 29.1. The largest absolute Gasteiger partial charge is 0.371 e. The van der Waals surface area contributed by atoms with E-state index in [4.69, 9.17) is 0 Å². The van der Waals surface area contributed by atoms with E-state index < -0.39 is 0 Å². The molecule has 6 heteroatoms. The highest BCUT2D eigenvalue weighted by molar-refractivity contribution is 9.10. The van der Waals surface area contributed by atoms with Gasteiger partial charge in [0.1, 0.15) is 0 Å². The van der Waals surface area contributed by atoms with Gasteiger partial charge >= 0.3 is 0 Å². The fraction of sp³-hybridized carbons (Fsp3) is 0.417. The van der Waals surface area contributed by atoms with Crippen LogP contribution in [0.2, 0.25) is 0 Å². The highest BCUT2D eigenvalue weighted by atomic mass is 79.9. The van der Waals surface area contributed by atoms with Crippen molar-refractivity contribution in [3.63, 3.8) is 0 Å². The van der Waals surface area contributed by atoms with E-state index in [1.165, 1.54) is 11.3 Å². The van der Waals surface area contributed by atoms with E-state index in [2.05, 4.69) is 56.5 Å². The Morgan fingerprint density at radius 3 is 2.77 bits per heavy atom. The summed E-state index contributed by atoms with van der Waals surface area (Å²) in [6.07, 6.45) is 2.23. The number of hydrogen-bond acceptors (Lipinski definition) is 3. The number of nitrogens with zero attached hydrogens (tertiary/aromatic N) is 2. The Labute approximate surface area is 186 Å². The fourth-order valence-electron chi connectivity index (χ4n) is 4.66. The molecule has 2 aliphatic rings. The zero-order valence-corrected chi connectivity index (χ0v) is 18.9. The second kappa shape index (κ2) is 9.21. The van der Waals surface area contributed by atoms with E-state index in [9.17, 15) is 9.59 Å². The van der Waals surface area contributed by atoms with Crippen molar-refractivity contribution < 1.29 is 9.59 Å². The van der Waals surface area contributed by atoms with Crippen LogP contribution in [0.4, 0.5) is 5.69 Å². The standard InChI is InChI=1S/C24H28BrN3O2/c1-17(29)28-12-10-19-5-2-3-8-22(19)23(28)14-24(30)26-15-18-9-11-27(16-18)21-7-4-6-20(25)13-21/h2-8,13,18,23H,9-12,14-16H2,1H3,(H,26,30). The minimum Gasteiger partial charge on any atom is -0.371 e. The summed E-state index contributed by atoms with van der Waals surface area (Å²) in [5, 5.41) is 3.13. The van der Waals surface area contributed by atoms with Crippen LogP contribution in [0, 0.1) is 5.92 Å². The van der Waals surface area contributed by atoms with Gasteiger partial charge in [-0.25, -0.2) is 0 Å². The van der Waals surface area contributed by atoms with Crippen molar-refractivity contribution in [3.05, 3.63) is 64.1 Å². The van der Waals surface area contributed by atoms with Crippen LogP contribution in [-0.2, 0) is 16.0 Å². The minimum atomic E-state index is -0.172. The lowest BCUT2D eigenvalue weighted by atomic mass is 9.90. The van der Waals surface area contributed by atoms with Gasteiger partial charge in [-0.1, -0.05) is 46.3 Å². The van der Waals surface area contributed by atoms with Gasteiger partial charge in [0.15, 0.2) is 0 Å². The summed E-state index contributed by atoms with van der Waals surface area (Å²) in [5.41, 5.74) is 3.57. The summed E-state index contributed by atoms with van der Waals surface area (Å²) in [6, 6.07) is 16.3. The molecule has 5 nitrogen and oxygen atoms in total. The third-order valence-electron chi connectivity index (χ3n) is 6.24. The van der Waals surface area contributed by atoms with Crippen LogP contribution in [-0.4, -0.2) is 42.9 Å². The van der Waals surface area contributed by atoms with Crippen LogP contribution < -0.4 is 10.2 Å². The summed E-state index contributed by atoms with van der Waals surface area (Å²) in [6.45, 7) is 4.90. The molecule has 0 radical (unpaired) electrons. The number of fused-ring (bicyclic) bond motifs is 1. The van der Waals surface area contributed by atoms with Gasteiger partial charge < -0.3 is 15.1 Å². The molecule has 2 amide bonds. The Kier molecular flexibility index (Phi) is 6.42. The molecule has 4 rings (SSSR count). The Hall–Kier alpha value is -2.34. The molecule has 0 saturated carbocycles. The van der Waals surface area contributed by atoms with Gasteiger partial charge in [-0.05, 0) is 48.1 Å². The van der Waals surface area contributed by atoms with Gasteiger partial charge in [-0.3, -0.25) is 9.59 Å². The Bertz CT molecular complexity index is 932. The molecule has 0 aliphatic carbocycles. The zero-order chi connectivity index (χ0) is 21.1. The van der Waals surface area contributed by atoms with Gasteiger partial charge in [-0.2, -0.15) is 0 Å². The number of carbonyl (C=O) groups is 2. The van der Waals surface area contributed by atoms with Crippen molar-refractivity contribution in [3.8, 4) is 0 Å². The first-order valence-corrected chi connectivity index (χ1v) is 11.4. The third-order valence-corrected chi connectivity index (χ3v) is 6.74. The van der Waals surface area contributed by atoms with E-state index in [-0.39, 0.29) is 17.9 Å². The molecule has 0 spiro atoms. The molecule has 1 N–H and O–H groups in total. The maximum atomic E-state index is 12.8.